The zero-order chi connectivity index (χ0) is 13.0. The molecule has 2 aromatic rings. The molecule has 0 aliphatic rings. The summed E-state index contributed by atoms with van der Waals surface area (Å²) in [6.45, 7) is 0.304. The van der Waals surface area contributed by atoms with Crippen LogP contribution in [0.4, 0.5) is 0 Å². The van der Waals surface area contributed by atoms with Crippen molar-refractivity contribution < 1.29 is 8.42 Å². The number of halogens is 1. The molecule has 0 amide bonds. The molecule has 0 bridgehead atoms. The Hall–Kier alpha value is -1.02. The van der Waals surface area contributed by atoms with Crippen molar-refractivity contribution in [1.29, 1.82) is 0 Å². The molecule has 0 aromatic carbocycles. The van der Waals surface area contributed by atoms with E-state index in [1.165, 1.54) is 29.7 Å². The van der Waals surface area contributed by atoms with E-state index >= 15 is 0 Å². The third-order valence-electron chi connectivity index (χ3n) is 2.12. The summed E-state index contributed by atoms with van der Waals surface area (Å²) in [7, 11) is -3.52. The van der Waals surface area contributed by atoms with E-state index in [0.717, 1.165) is 5.01 Å². The van der Waals surface area contributed by atoms with Gasteiger partial charge in [-0.15, -0.1) is 11.3 Å². The van der Waals surface area contributed by atoms with Crippen LogP contribution in [-0.2, 0) is 16.4 Å². The fourth-order valence-corrected chi connectivity index (χ4v) is 2.98. The van der Waals surface area contributed by atoms with E-state index in [4.69, 9.17) is 11.6 Å². The third kappa shape index (κ3) is 3.49. The van der Waals surface area contributed by atoms with Gasteiger partial charge in [-0.3, -0.25) is 0 Å². The number of hydrogen-bond acceptors (Lipinski definition) is 5. The average molecular weight is 304 g/mol. The van der Waals surface area contributed by atoms with Gasteiger partial charge in [0.25, 0.3) is 0 Å². The lowest BCUT2D eigenvalue weighted by molar-refractivity contribution is 0.581. The van der Waals surface area contributed by atoms with Gasteiger partial charge in [0.05, 0.1) is 5.01 Å². The van der Waals surface area contributed by atoms with Crippen molar-refractivity contribution in [3.8, 4) is 0 Å². The zero-order valence-corrected chi connectivity index (χ0v) is 11.6. The van der Waals surface area contributed by atoms with Crippen LogP contribution in [0.1, 0.15) is 5.01 Å². The Kier molecular flexibility index (Phi) is 4.28. The van der Waals surface area contributed by atoms with Gasteiger partial charge < -0.3 is 0 Å². The first-order valence-electron chi connectivity index (χ1n) is 5.07. The largest absolute Gasteiger partial charge is 0.250 e. The van der Waals surface area contributed by atoms with Gasteiger partial charge in [0.15, 0.2) is 0 Å². The van der Waals surface area contributed by atoms with Crippen molar-refractivity contribution in [1.82, 2.24) is 14.7 Å². The van der Waals surface area contributed by atoms with Crippen LogP contribution in [-0.4, -0.2) is 24.9 Å². The molecule has 2 heterocycles. The molecule has 0 aliphatic heterocycles. The molecule has 2 rings (SSSR count). The molecule has 2 aromatic heterocycles. The smallest absolute Gasteiger partial charge is 0.242 e. The SMILES string of the molecule is O=S(=O)(NCCc1nccs1)c1ccc(Cl)nc1. The molecule has 0 unspecified atom stereocenters. The zero-order valence-electron chi connectivity index (χ0n) is 9.21. The van der Waals surface area contributed by atoms with E-state index < -0.39 is 10.0 Å². The number of nitrogens with zero attached hydrogens (tertiary/aromatic N) is 2. The van der Waals surface area contributed by atoms with E-state index in [1.807, 2.05) is 5.38 Å². The second kappa shape index (κ2) is 5.75. The Balaban J connectivity index is 1.97. The van der Waals surface area contributed by atoms with Crippen LogP contribution in [0.5, 0.6) is 0 Å². The van der Waals surface area contributed by atoms with Crippen molar-refractivity contribution in [2.75, 3.05) is 6.54 Å². The van der Waals surface area contributed by atoms with Crippen molar-refractivity contribution in [3.63, 3.8) is 0 Å². The van der Waals surface area contributed by atoms with E-state index in [9.17, 15) is 8.42 Å². The first kappa shape index (κ1) is 13.4. The predicted octanol–water partition coefficient (Wildman–Crippen LogP) is 1.71. The maximum atomic E-state index is 11.9. The van der Waals surface area contributed by atoms with E-state index in [0.29, 0.717) is 13.0 Å². The highest BCUT2D eigenvalue weighted by Gasteiger charge is 2.13. The number of pyridine rings is 1. The van der Waals surface area contributed by atoms with Gasteiger partial charge in [-0.05, 0) is 12.1 Å². The van der Waals surface area contributed by atoms with Gasteiger partial charge in [-0.1, -0.05) is 11.6 Å². The second-order valence-electron chi connectivity index (χ2n) is 3.39. The molecular weight excluding hydrogens is 294 g/mol. The van der Waals surface area contributed by atoms with Gasteiger partial charge >= 0.3 is 0 Å². The number of rotatable bonds is 5. The summed E-state index contributed by atoms with van der Waals surface area (Å²) in [6, 6.07) is 2.86. The molecule has 0 aliphatic carbocycles. The van der Waals surface area contributed by atoms with Crippen LogP contribution in [0.2, 0.25) is 5.15 Å². The van der Waals surface area contributed by atoms with Crippen LogP contribution in [0.25, 0.3) is 0 Å². The molecule has 96 valence electrons. The number of aromatic nitrogens is 2. The van der Waals surface area contributed by atoms with Crippen LogP contribution < -0.4 is 4.72 Å². The Morgan fingerprint density at radius 1 is 1.33 bits per heavy atom. The fraction of sp³-hybridized carbons (Fsp3) is 0.200. The van der Waals surface area contributed by atoms with Gasteiger partial charge in [-0.2, -0.15) is 0 Å². The quantitative estimate of drug-likeness (QED) is 0.854. The number of nitrogens with one attached hydrogen (secondary N) is 1. The molecule has 0 spiro atoms. The molecule has 1 N–H and O–H groups in total. The van der Waals surface area contributed by atoms with Crippen LogP contribution >= 0.6 is 22.9 Å². The van der Waals surface area contributed by atoms with Crippen molar-refractivity contribution >= 4 is 33.0 Å². The van der Waals surface area contributed by atoms with Crippen LogP contribution in [0.3, 0.4) is 0 Å². The maximum Gasteiger partial charge on any atom is 0.242 e. The lowest BCUT2D eigenvalue weighted by atomic mass is 10.5. The predicted molar refractivity (Wildman–Crippen MR) is 70.3 cm³/mol. The highest BCUT2D eigenvalue weighted by atomic mass is 35.5. The molecule has 5 nitrogen and oxygen atoms in total. The summed E-state index contributed by atoms with van der Waals surface area (Å²) < 4.78 is 26.2. The minimum absolute atomic E-state index is 0.103. The number of hydrogen-bond donors (Lipinski definition) is 1. The monoisotopic (exact) mass is 303 g/mol. The highest BCUT2D eigenvalue weighted by molar-refractivity contribution is 7.89. The van der Waals surface area contributed by atoms with Crippen molar-refractivity contribution in [2.24, 2.45) is 0 Å². The molecule has 8 heteroatoms. The maximum absolute atomic E-state index is 11.9. The minimum atomic E-state index is -3.52. The molecule has 0 fully saturated rings. The van der Waals surface area contributed by atoms with Gasteiger partial charge in [0.2, 0.25) is 10.0 Å². The molecule has 0 atom stereocenters. The number of thiazole rings is 1. The topological polar surface area (TPSA) is 72.0 Å². The molecular formula is C10H10ClN3O2S2. The molecule has 0 saturated heterocycles. The first-order chi connectivity index (χ1) is 8.58. The Bertz CT molecular complexity index is 597. The normalized spacial score (nSPS) is 11.6. The molecule has 0 saturated carbocycles. The second-order valence-corrected chi connectivity index (χ2v) is 6.52. The number of sulfonamides is 1. The fourth-order valence-electron chi connectivity index (χ4n) is 1.27. The summed E-state index contributed by atoms with van der Waals surface area (Å²) in [5.74, 6) is 0. The van der Waals surface area contributed by atoms with Crippen molar-refractivity contribution in [3.05, 3.63) is 40.1 Å². The Morgan fingerprint density at radius 2 is 2.17 bits per heavy atom. The first-order valence-corrected chi connectivity index (χ1v) is 7.81. The Labute approximate surface area is 114 Å². The Morgan fingerprint density at radius 3 is 2.78 bits per heavy atom. The van der Waals surface area contributed by atoms with E-state index in [1.54, 1.807) is 6.20 Å². The third-order valence-corrected chi connectivity index (χ3v) is 4.63. The summed E-state index contributed by atoms with van der Waals surface area (Å²) in [6.07, 6.45) is 3.49. The molecule has 18 heavy (non-hydrogen) atoms. The highest BCUT2D eigenvalue weighted by Crippen LogP contribution is 2.11. The van der Waals surface area contributed by atoms with Crippen LogP contribution in [0.15, 0.2) is 34.8 Å². The van der Waals surface area contributed by atoms with E-state index in [2.05, 4.69) is 14.7 Å². The lowest BCUT2D eigenvalue weighted by Crippen LogP contribution is -2.26. The standard InChI is InChI=1S/C10H10ClN3O2S2/c11-9-2-1-8(7-13-9)18(15,16)14-4-3-10-12-5-6-17-10/h1-2,5-7,14H,3-4H2. The van der Waals surface area contributed by atoms with Crippen LogP contribution in [0, 0.1) is 0 Å². The van der Waals surface area contributed by atoms with E-state index in [-0.39, 0.29) is 10.0 Å². The van der Waals surface area contributed by atoms with Crippen molar-refractivity contribution in [2.45, 2.75) is 11.3 Å². The average Bonchev–Trinajstić information content (AvgIpc) is 2.82. The summed E-state index contributed by atoms with van der Waals surface area (Å²) in [5.41, 5.74) is 0. The molecule has 0 radical (unpaired) electrons. The summed E-state index contributed by atoms with van der Waals surface area (Å²) >= 11 is 7.10. The minimum Gasteiger partial charge on any atom is -0.250 e. The van der Waals surface area contributed by atoms with Gasteiger partial charge in [0.1, 0.15) is 10.0 Å². The summed E-state index contributed by atoms with van der Waals surface area (Å²) in [5, 5.41) is 3.01. The van der Waals surface area contributed by atoms with Gasteiger partial charge in [-0.25, -0.2) is 23.1 Å². The summed E-state index contributed by atoms with van der Waals surface area (Å²) in [4.78, 5) is 7.92. The van der Waals surface area contributed by atoms with Gasteiger partial charge in [0, 0.05) is 30.7 Å². The lowest BCUT2D eigenvalue weighted by Gasteiger charge is -2.05.